The lowest BCUT2D eigenvalue weighted by molar-refractivity contribution is -0.730. The van der Waals surface area contributed by atoms with Gasteiger partial charge in [-0.2, -0.15) is 0 Å². The van der Waals surface area contributed by atoms with Gasteiger partial charge in [-0.05, 0) is 34.7 Å². The second-order valence-electron chi connectivity index (χ2n) is 1.91. The van der Waals surface area contributed by atoms with E-state index in [1.165, 1.54) is 12.1 Å². The highest BCUT2D eigenvalue weighted by atomic mass is 127. The van der Waals surface area contributed by atoms with E-state index in [2.05, 4.69) is 0 Å². The number of benzene rings is 1. The second-order valence-corrected chi connectivity index (χ2v) is 3.15. The van der Waals surface area contributed by atoms with Crippen LogP contribution >= 0.6 is 22.6 Å². The molecule has 0 aliphatic carbocycles. The summed E-state index contributed by atoms with van der Waals surface area (Å²) < 4.78 is 0.769. The largest absolute Gasteiger partial charge is 0.502 e. The van der Waals surface area contributed by atoms with E-state index in [1.807, 2.05) is 22.6 Å². The van der Waals surface area contributed by atoms with Crippen LogP contribution in [0.5, 0.6) is 5.75 Å². The van der Waals surface area contributed by atoms with Gasteiger partial charge in [0.2, 0.25) is 0 Å². The van der Waals surface area contributed by atoms with Crippen molar-refractivity contribution >= 4 is 28.3 Å². The van der Waals surface area contributed by atoms with E-state index in [-0.39, 0.29) is 16.4 Å². The molecule has 0 aliphatic rings. The molecule has 0 saturated carbocycles. The van der Waals surface area contributed by atoms with E-state index in [0.29, 0.717) is 0 Å². The second kappa shape index (κ2) is 3.04. The number of hydrogen-bond donors (Lipinski definition) is 2. The van der Waals surface area contributed by atoms with Gasteiger partial charge in [-0.25, -0.2) is 5.21 Å². The quantitative estimate of drug-likeness (QED) is 0.601. The molecule has 0 aliphatic heterocycles. The molecule has 1 rings (SSSR count). The fourth-order valence-electron chi connectivity index (χ4n) is 0.650. The third-order valence-corrected chi connectivity index (χ3v) is 1.81. The van der Waals surface area contributed by atoms with Crippen molar-refractivity contribution in [1.29, 1.82) is 0 Å². The third-order valence-electron chi connectivity index (χ3n) is 1.14. The molecule has 0 amide bonds. The van der Waals surface area contributed by atoms with Gasteiger partial charge in [0.05, 0.1) is 4.91 Å². The lowest BCUT2D eigenvalue weighted by Gasteiger charge is -1.90. The fraction of sp³-hybridized carbons (Fsp3) is 0. The fourth-order valence-corrected chi connectivity index (χ4v) is 1.12. The summed E-state index contributed by atoms with van der Waals surface area (Å²) in [5.74, 6) is -0.233. The molecule has 0 heterocycles. The van der Waals surface area contributed by atoms with Crippen LogP contribution in [0.3, 0.4) is 0 Å². The zero-order valence-corrected chi connectivity index (χ0v) is 7.52. The molecular weight excluding hydrogens is 261 g/mol. The zero-order valence-electron chi connectivity index (χ0n) is 5.36. The minimum absolute atomic E-state index is 0.142. The Kier molecular flexibility index (Phi) is 2.28. The van der Waals surface area contributed by atoms with Crippen LogP contribution in [0.25, 0.3) is 0 Å². The van der Waals surface area contributed by atoms with Gasteiger partial charge in [-0.3, -0.25) is 0 Å². The van der Waals surface area contributed by atoms with E-state index in [4.69, 9.17) is 10.3 Å². The molecule has 0 unspecified atom stereocenters. The predicted octanol–water partition coefficient (Wildman–Crippen LogP) is 1.80. The molecule has 58 valence electrons. The number of phenols is 1. The van der Waals surface area contributed by atoms with Crippen LogP contribution in [-0.4, -0.2) is 15.2 Å². The molecule has 0 fully saturated rings. The molecule has 4 nitrogen and oxygen atoms in total. The van der Waals surface area contributed by atoms with Crippen LogP contribution in [0.4, 0.5) is 5.69 Å². The summed E-state index contributed by atoms with van der Waals surface area (Å²) in [6, 6.07) is 4.35. The van der Waals surface area contributed by atoms with Crippen molar-refractivity contribution in [3.8, 4) is 5.75 Å². The first-order valence-electron chi connectivity index (χ1n) is 2.76. The van der Waals surface area contributed by atoms with Gasteiger partial charge in [0.1, 0.15) is 0 Å². The minimum Gasteiger partial charge on any atom is -0.502 e. The van der Waals surface area contributed by atoms with Crippen molar-refractivity contribution in [3.05, 3.63) is 26.7 Å². The maximum Gasteiger partial charge on any atom is 0.358 e. The van der Waals surface area contributed by atoms with Crippen LogP contribution in [0.2, 0.25) is 0 Å². The topological polar surface area (TPSA) is 60.5 Å². The van der Waals surface area contributed by atoms with Gasteiger partial charge in [-0.15, -0.1) is 0 Å². The zero-order chi connectivity index (χ0) is 8.43. The van der Waals surface area contributed by atoms with Crippen LogP contribution in [0.15, 0.2) is 18.2 Å². The standard InChI is InChI=1S/C6H4INO3/c7-4-1-2-6(9)5(3-4)8(10)11/h1-3H,(H-,9,10,11)/p+1. The average Bonchev–Trinajstić information content (AvgIpc) is 1.94. The number of phenolic OH excluding ortho intramolecular Hbond substituents is 1. The summed E-state index contributed by atoms with van der Waals surface area (Å²) in [6.45, 7) is 0. The van der Waals surface area contributed by atoms with Crippen LogP contribution < -0.4 is 0 Å². The molecule has 0 bridgehead atoms. The number of rotatable bonds is 1. The summed E-state index contributed by atoms with van der Waals surface area (Å²) in [6.07, 6.45) is 0. The first-order chi connectivity index (χ1) is 5.11. The van der Waals surface area contributed by atoms with Gasteiger partial charge >= 0.3 is 5.69 Å². The Bertz CT molecular complexity index is 300. The van der Waals surface area contributed by atoms with E-state index in [9.17, 15) is 4.91 Å². The number of aromatic hydroxyl groups is 1. The Balaban J connectivity index is 3.23. The molecule has 1 aromatic carbocycles. The Labute approximate surface area is 76.1 Å². The first kappa shape index (κ1) is 8.25. The summed E-state index contributed by atoms with van der Waals surface area (Å²) in [5.41, 5.74) is -0.142. The van der Waals surface area contributed by atoms with Gasteiger partial charge in [-0.1, -0.05) is 0 Å². The maximum absolute atomic E-state index is 10.3. The average molecular weight is 266 g/mol. The van der Waals surface area contributed by atoms with Gasteiger partial charge in [0.25, 0.3) is 4.92 Å². The number of hydrogen-bond acceptors (Lipinski definition) is 2. The number of halogens is 1. The van der Waals surface area contributed by atoms with Crippen molar-refractivity contribution in [2.75, 3.05) is 0 Å². The smallest absolute Gasteiger partial charge is 0.358 e. The molecular formula is C6H5INO3+. The predicted molar refractivity (Wildman–Crippen MR) is 45.9 cm³/mol. The summed E-state index contributed by atoms with van der Waals surface area (Å²) in [4.78, 5) is 9.96. The van der Waals surface area contributed by atoms with Crippen molar-refractivity contribution in [2.45, 2.75) is 0 Å². The Hall–Kier alpha value is -0.850. The third kappa shape index (κ3) is 1.79. The van der Waals surface area contributed by atoms with E-state index in [0.717, 1.165) is 3.57 Å². The summed E-state index contributed by atoms with van der Waals surface area (Å²) in [7, 11) is 0. The molecule has 0 atom stereocenters. The SMILES string of the molecule is O=[N+](O)c1cc(I)ccc1O. The highest BCUT2D eigenvalue weighted by molar-refractivity contribution is 14.1. The summed E-state index contributed by atoms with van der Waals surface area (Å²) >= 11 is 1.97. The highest BCUT2D eigenvalue weighted by Gasteiger charge is 2.17. The lowest BCUT2D eigenvalue weighted by atomic mass is 10.3. The maximum atomic E-state index is 10.3. The van der Waals surface area contributed by atoms with Crippen LogP contribution in [0, 0.1) is 8.48 Å². The van der Waals surface area contributed by atoms with Crippen molar-refractivity contribution in [2.24, 2.45) is 0 Å². The Morgan fingerprint density at radius 2 is 2.09 bits per heavy atom. The molecule has 0 saturated heterocycles. The number of nitrogens with zero attached hydrogens (tertiary/aromatic N) is 1. The van der Waals surface area contributed by atoms with E-state index >= 15 is 0 Å². The van der Waals surface area contributed by atoms with Crippen molar-refractivity contribution in [1.82, 2.24) is 0 Å². The van der Waals surface area contributed by atoms with Crippen molar-refractivity contribution < 1.29 is 15.2 Å². The minimum atomic E-state index is -0.364. The highest BCUT2D eigenvalue weighted by Crippen LogP contribution is 2.26. The van der Waals surface area contributed by atoms with E-state index in [1.54, 1.807) is 6.07 Å². The Morgan fingerprint density at radius 3 is 2.55 bits per heavy atom. The van der Waals surface area contributed by atoms with Gasteiger partial charge < -0.3 is 5.11 Å². The van der Waals surface area contributed by atoms with Crippen molar-refractivity contribution in [3.63, 3.8) is 0 Å². The lowest BCUT2D eigenvalue weighted by Crippen LogP contribution is -1.92. The Morgan fingerprint density at radius 1 is 1.45 bits per heavy atom. The molecule has 0 spiro atoms. The monoisotopic (exact) mass is 266 g/mol. The van der Waals surface area contributed by atoms with Crippen LogP contribution in [0.1, 0.15) is 0 Å². The molecule has 1 aromatic rings. The first-order valence-corrected chi connectivity index (χ1v) is 3.84. The van der Waals surface area contributed by atoms with Gasteiger partial charge in [0.15, 0.2) is 5.75 Å². The molecule has 11 heavy (non-hydrogen) atoms. The summed E-state index contributed by atoms with van der Waals surface area (Å²) in [5, 5.41) is 17.4. The normalized spacial score (nSPS) is 9.55. The molecule has 5 heteroatoms. The van der Waals surface area contributed by atoms with Gasteiger partial charge in [0, 0.05) is 9.64 Å². The molecule has 0 radical (unpaired) electrons. The molecule has 0 aromatic heterocycles. The molecule has 2 N–H and O–H groups in total. The van der Waals surface area contributed by atoms with E-state index < -0.39 is 0 Å². The van der Waals surface area contributed by atoms with Crippen LogP contribution in [-0.2, 0) is 0 Å².